The predicted octanol–water partition coefficient (Wildman–Crippen LogP) is 2.75. The van der Waals surface area contributed by atoms with Crippen LogP contribution < -0.4 is 9.47 Å². The van der Waals surface area contributed by atoms with E-state index in [0.29, 0.717) is 12.2 Å². The van der Waals surface area contributed by atoms with Crippen molar-refractivity contribution < 1.29 is 18.8 Å². The second-order valence-electron chi connectivity index (χ2n) is 6.83. The first-order chi connectivity index (χ1) is 10.5. The average Bonchev–Trinajstić information content (AvgIpc) is 2.53. The summed E-state index contributed by atoms with van der Waals surface area (Å²) >= 11 is 0. The molecule has 22 heavy (non-hydrogen) atoms. The third-order valence-corrected chi connectivity index (χ3v) is 5.63. The molecule has 3 atom stereocenters. The van der Waals surface area contributed by atoms with Crippen molar-refractivity contribution in [3.05, 3.63) is 23.3 Å². The topological polar surface area (TPSA) is 35.5 Å². The fraction of sp³-hybridized carbons (Fsp3) is 0.611. The number of Topliss-reactive ketones (excluding diaryl/α,β-unsaturated/α-hetero) is 1. The molecule has 1 aromatic rings. The van der Waals surface area contributed by atoms with Gasteiger partial charge in [-0.3, -0.25) is 4.79 Å². The van der Waals surface area contributed by atoms with Gasteiger partial charge >= 0.3 is 0 Å². The number of benzene rings is 1. The molecular formula is C18H26NO3+. The fourth-order valence-corrected chi connectivity index (χ4v) is 4.20. The molecule has 0 aromatic heterocycles. The number of carbonyl (C=O) groups is 1. The number of piperidine rings is 1. The van der Waals surface area contributed by atoms with Crippen molar-refractivity contribution in [2.45, 2.75) is 32.2 Å². The summed E-state index contributed by atoms with van der Waals surface area (Å²) in [5.41, 5.74) is 2.58. The molecule has 2 aliphatic heterocycles. The number of hydrogen-bond donors (Lipinski definition) is 0. The van der Waals surface area contributed by atoms with Gasteiger partial charge in [0.2, 0.25) is 0 Å². The van der Waals surface area contributed by atoms with Crippen LogP contribution in [0.3, 0.4) is 0 Å². The van der Waals surface area contributed by atoms with Crippen LogP contribution >= 0.6 is 0 Å². The van der Waals surface area contributed by atoms with E-state index in [1.807, 2.05) is 0 Å². The number of methoxy groups -OCH3 is 2. The Balaban J connectivity index is 2.04. The van der Waals surface area contributed by atoms with Crippen LogP contribution in [0.25, 0.3) is 0 Å². The van der Waals surface area contributed by atoms with Gasteiger partial charge in [-0.2, -0.15) is 0 Å². The minimum Gasteiger partial charge on any atom is -0.493 e. The Hall–Kier alpha value is -1.55. The molecule has 0 saturated carbocycles. The van der Waals surface area contributed by atoms with Crippen LogP contribution in [0, 0.1) is 5.92 Å². The zero-order valence-electron chi connectivity index (χ0n) is 14.0. The Kier molecular flexibility index (Phi) is 3.89. The minimum atomic E-state index is 0.225. The van der Waals surface area contributed by atoms with E-state index in [-0.39, 0.29) is 12.0 Å². The van der Waals surface area contributed by atoms with Crippen molar-refractivity contribution in [2.75, 3.05) is 34.4 Å². The molecule has 0 bridgehead atoms. The molecular weight excluding hydrogens is 278 g/mol. The molecule has 3 rings (SSSR count). The van der Waals surface area contributed by atoms with Crippen molar-refractivity contribution in [1.29, 1.82) is 0 Å². The maximum atomic E-state index is 12.4. The quantitative estimate of drug-likeness (QED) is 0.806. The normalized spacial score (nSPS) is 30.5. The molecule has 1 fully saturated rings. The number of quaternary nitrogens is 1. The Morgan fingerprint density at radius 2 is 1.91 bits per heavy atom. The van der Waals surface area contributed by atoms with Crippen LogP contribution in [0.5, 0.6) is 11.5 Å². The average molecular weight is 304 g/mol. The summed E-state index contributed by atoms with van der Waals surface area (Å²) in [6.45, 7) is 4.19. The molecule has 0 spiro atoms. The number of nitrogens with zero attached hydrogens (tertiary/aromatic N) is 1. The third kappa shape index (κ3) is 2.30. The lowest BCUT2D eigenvalue weighted by molar-refractivity contribution is -0.945. The molecule has 0 amide bonds. The molecule has 1 aromatic carbocycles. The van der Waals surface area contributed by atoms with Gasteiger partial charge in [-0.15, -0.1) is 0 Å². The maximum absolute atomic E-state index is 12.4. The SMILES string of the molecule is CC[C@@H]1C[N@@+]2(C)CCc3cc(OC)c(OC)cc3[C@@H]2CC1=O. The zero-order chi connectivity index (χ0) is 15.9. The van der Waals surface area contributed by atoms with Crippen molar-refractivity contribution in [2.24, 2.45) is 5.92 Å². The van der Waals surface area contributed by atoms with Crippen molar-refractivity contribution >= 4 is 5.78 Å². The standard InChI is InChI=1S/C18H26NO3/c1-5-12-11-19(2)7-6-13-8-17(21-3)18(22-4)9-14(13)15(19)10-16(12)20/h8-9,12,15H,5-7,10-11H2,1-4H3/q+1/t12-,15+,19-/m1/s1. The van der Waals surface area contributed by atoms with E-state index in [4.69, 9.17) is 9.47 Å². The highest BCUT2D eigenvalue weighted by Crippen LogP contribution is 2.45. The van der Waals surface area contributed by atoms with Crippen LogP contribution in [-0.2, 0) is 11.2 Å². The summed E-state index contributed by atoms with van der Waals surface area (Å²) in [5.74, 6) is 2.19. The number of hydrogen-bond acceptors (Lipinski definition) is 3. The Morgan fingerprint density at radius 1 is 1.23 bits per heavy atom. The highest BCUT2D eigenvalue weighted by molar-refractivity contribution is 5.82. The smallest absolute Gasteiger partial charge is 0.161 e. The summed E-state index contributed by atoms with van der Waals surface area (Å²) in [6.07, 6.45) is 2.64. The second-order valence-corrected chi connectivity index (χ2v) is 6.83. The zero-order valence-corrected chi connectivity index (χ0v) is 14.0. The van der Waals surface area contributed by atoms with Gasteiger partial charge in [0, 0.05) is 12.0 Å². The van der Waals surface area contributed by atoms with Gasteiger partial charge in [0.05, 0.1) is 46.7 Å². The monoisotopic (exact) mass is 304 g/mol. The molecule has 0 N–H and O–H groups in total. The summed E-state index contributed by atoms with van der Waals surface area (Å²) < 4.78 is 11.9. The lowest BCUT2D eigenvalue weighted by Gasteiger charge is -2.50. The van der Waals surface area contributed by atoms with Gasteiger partial charge in [0.25, 0.3) is 0 Å². The number of carbonyl (C=O) groups excluding carboxylic acids is 1. The lowest BCUT2D eigenvalue weighted by Crippen LogP contribution is -2.58. The summed E-state index contributed by atoms with van der Waals surface area (Å²) in [6, 6.07) is 4.45. The highest BCUT2D eigenvalue weighted by Gasteiger charge is 2.47. The van der Waals surface area contributed by atoms with Gasteiger partial charge < -0.3 is 14.0 Å². The number of rotatable bonds is 3. The Morgan fingerprint density at radius 3 is 2.55 bits per heavy atom. The van der Waals surface area contributed by atoms with E-state index in [1.54, 1.807) is 14.2 Å². The Labute approximate surface area is 132 Å². The molecule has 0 aliphatic carbocycles. The van der Waals surface area contributed by atoms with E-state index in [1.165, 1.54) is 11.1 Å². The number of likely N-dealkylation sites (N-methyl/N-ethyl adjacent to an activating group) is 1. The van der Waals surface area contributed by atoms with Gasteiger partial charge in [-0.25, -0.2) is 0 Å². The molecule has 2 heterocycles. The molecule has 4 heteroatoms. The predicted molar refractivity (Wildman–Crippen MR) is 85.3 cm³/mol. The highest BCUT2D eigenvalue weighted by atomic mass is 16.5. The van der Waals surface area contributed by atoms with Crippen molar-refractivity contribution in [3.63, 3.8) is 0 Å². The van der Waals surface area contributed by atoms with Gasteiger partial charge in [-0.1, -0.05) is 6.92 Å². The van der Waals surface area contributed by atoms with Crippen LogP contribution in [0.4, 0.5) is 0 Å². The van der Waals surface area contributed by atoms with Crippen LogP contribution in [0.2, 0.25) is 0 Å². The van der Waals surface area contributed by atoms with E-state index in [2.05, 4.69) is 26.1 Å². The molecule has 0 radical (unpaired) electrons. The molecule has 4 nitrogen and oxygen atoms in total. The van der Waals surface area contributed by atoms with E-state index in [9.17, 15) is 4.79 Å². The van der Waals surface area contributed by atoms with Crippen LogP contribution in [0.1, 0.15) is 36.9 Å². The van der Waals surface area contributed by atoms with Gasteiger partial charge in [0.1, 0.15) is 11.8 Å². The first-order valence-electron chi connectivity index (χ1n) is 8.14. The van der Waals surface area contributed by atoms with Crippen LogP contribution in [0.15, 0.2) is 12.1 Å². The Bertz CT molecular complexity index is 598. The molecule has 1 saturated heterocycles. The van der Waals surface area contributed by atoms with E-state index in [0.717, 1.165) is 41.9 Å². The number of fused-ring (bicyclic) bond motifs is 3. The first-order valence-corrected chi connectivity index (χ1v) is 8.14. The lowest BCUT2D eigenvalue weighted by atomic mass is 9.79. The van der Waals surface area contributed by atoms with E-state index >= 15 is 0 Å². The largest absolute Gasteiger partial charge is 0.493 e. The van der Waals surface area contributed by atoms with E-state index < -0.39 is 0 Å². The van der Waals surface area contributed by atoms with Crippen molar-refractivity contribution in [3.8, 4) is 11.5 Å². The number of ketones is 1. The number of ether oxygens (including phenoxy) is 2. The second kappa shape index (κ2) is 5.58. The molecule has 0 unspecified atom stereocenters. The van der Waals surface area contributed by atoms with Crippen LogP contribution in [-0.4, -0.2) is 44.6 Å². The third-order valence-electron chi connectivity index (χ3n) is 5.63. The molecule has 120 valence electrons. The summed E-state index contributed by atoms with van der Waals surface area (Å²) in [7, 11) is 5.64. The summed E-state index contributed by atoms with van der Waals surface area (Å²) in [4.78, 5) is 12.4. The fourth-order valence-electron chi connectivity index (χ4n) is 4.20. The molecule has 2 aliphatic rings. The van der Waals surface area contributed by atoms with Gasteiger partial charge in [0.15, 0.2) is 11.5 Å². The summed E-state index contributed by atoms with van der Waals surface area (Å²) in [5, 5.41) is 0. The van der Waals surface area contributed by atoms with Crippen molar-refractivity contribution in [1.82, 2.24) is 0 Å². The van der Waals surface area contributed by atoms with Gasteiger partial charge in [-0.05, 0) is 24.1 Å². The maximum Gasteiger partial charge on any atom is 0.161 e. The first kappa shape index (κ1) is 15.3. The minimum absolute atomic E-state index is 0.225.